The zero-order valence-corrected chi connectivity index (χ0v) is 10.8. The normalized spacial score (nSPS) is 10.4. The van der Waals surface area contributed by atoms with Crippen molar-refractivity contribution < 1.29 is 4.79 Å². The van der Waals surface area contributed by atoms with Crippen molar-refractivity contribution in [2.45, 2.75) is 12.8 Å². The van der Waals surface area contributed by atoms with Gasteiger partial charge in [0.05, 0.1) is 11.9 Å². The Labute approximate surface area is 111 Å². The largest absolute Gasteiger partial charge is 0.325 e. The Morgan fingerprint density at radius 3 is 2.95 bits per heavy atom. The Hall–Kier alpha value is -2.21. The molecule has 0 saturated carbocycles. The van der Waals surface area contributed by atoms with Gasteiger partial charge in [0.15, 0.2) is 0 Å². The van der Waals surface area contributed by atoms with Crippen LogP contribution in [0.5, 0.6) is 0 Å². The third-order valence-electron chi connectivity index (χ3n) is 2.63. The van der Waals surface area contributed by atoms with Gasteiger partial charge < -0.3 is 10.6 Å². The van der Waals surface area contributed by atoms with Crippen molar-refractivity contribution in [3.63, 3.8) is 0 Å². The number of pyridine rings is 1. The highest BCUT2D eigenvalue weighted by Crippen LogP contribution is 2.09. The Balaban J connectivity index is 1.90. The number of anilines is 1. The fourth-order valence-electron chi connectivity index (χ4n) is 1.66. The molecule has 0 aliphatic heterocycles. The summed E-state index contributed by atoms with van der Waals surface area (Å²) in [7, 11) is 1.87. The van der Waals surface area contributed by atoms with Gasteiger partial charge in [0.1, 0.15) is 12.1 Å². The molecule has 19 heavy (non-hydrogen) atoms. The molecule has 2 N–H and O–H groups in total. The Kier molecular flexibility index (Phi) is 4.63. The molecule has 0 aliphatic rings. The molecule has 2 aromatic heterocycles. The van der Waals surface area contributed by atoms with E-state index in [9.17, 15) is 4.79 Å². The van der Waals surface area contributed by atoms with Crippen molar-refractivity contribution in [1.82, 2.24) is 19.9 Å². The van der Waals surface area contributed by atoms with Crippen LogP contribution in [-0.4, -0.2) is 34.0 Å². The van der Waals surface area contributed by atoms with Gasteiger partial charge in [0, 0.05) is 18.8 Å². The monoisotopic (exact) mass is 259 g/mol. The lowest BCUT2D eigenvalue weighted by atomic mass is 10.3. The lowest BCUT2D eigenvalue weighted by Gasteiger charge is -2.06. The summed E-state index contributed by atoms with van der Waals surface area (Å²) in [6.07, 6.45) is 8.16. The summed E-state index contributed by atoms with van der Waals surface area (Å²) in [5.74, 6) is 0.776. The molecular weight excluding hydrogens is 242 g/mol. The van der Waals surface area contributed by atoms with Gasteiger partial charge in [-0.05, 0) is 32.1 Å². The summed E-state index contributed by atoms with van der Waals surface area (Å²) in [4.78, 5) is 19.8. The van der Waals surface area contributed by atoms with Crippen LogP contribution in [0.15, 0.2) is 37.1 Å². The fourth-order valence-corrected chi connectivity index (χ4v) is 1.66. The molecule has 0 aromatic carbocycles. The van der Waals surface area contributed by atoms with Crippen molar-refractivity contribution >= 4 is 11.6 Å². The van der Waals surface area contributed by atoms with Gasteiger partial charge >= 0.3 is 0 Å². The summed E-state index contributed by atoms with van der Waals surface area (Å²) < 4.78 is 1.80. The van der Waals surface area contributed by atoms with Crippen LogP contribution in [0.4, 0.5) is 5.69 Å². The highest BCUT2D eigenvalue weighted by atomic mass is 16.1. The van der Waals surface area contributed by atoms with Crippen LogP contribution in [0.25, 0.3) is 5.82 Å². The molecule has 0 fully saturated rings. The van der Waals surface area contributed by atoms with Gasteiger partial charge in [-0.1, -0.05) is 0 Å². The maximum atomic E-state index is 11.6. The van der Waals surface area contributed by atoms with Gasteiger partial charge in [0.2, 0.25) is 5.91 Å². The standard InChI is InChI=1S/C13H17N5O/c1-14-6-2-3-13(19)17-11-4-5-12(16-9-11)18-8-7-15-10-18/h4-5,7-10,14H,2-3,6H2,1H3,(H,17,19). The molecule has 0 aliphatic carbocycles. The summed E-state index contributed by atoms with van der Waals surface area (Å²) >= 11 is 0. The number of aromatic nitrogens is 3. The van der Waals surface area contributed by atoms with Crippen LogP contribution < -0.4 is 10.6 Å². The molecule has 2 rings (SSSR count). The highest BCUT2D eigenvalue weighted by Gasteiger charge is 2.03. The molecule has 6 heteroatoms. The third-order valence-corrected chi connectivity index (χ3v) is 2.63. The second kappa shape index (κ2) is 6.65. The minimum atomic E-state index is 0.00688. The van der Waals surface area contributed by atoms with Gasteiger partial charge in [-0.25, -0.2) is 9.97 Å². The van der Waals surface area contributed by atoms with Crippen LogP contribution in [-0.2, 0) is 4.79 Å². The van der Waals surface area contributed by atoms with E-state index < -0.39 is 0 Å². The minimum absolute atomic E-state index is 0.00688. The van der Waals surface area contributed by atoms with Crippen molar-refractivity contribution in [3.05, 3.63) is 37.1 Å². The maximum absolute atomic E-state index is 11.6. The Morgan fingerprint density at radius 2 is 2.32 bits per heavy atom. The molecule has 0 atom stereocenters. The number of rotatable bonds is 6. The van der Waals surface area contributed by atoms with Crippen LogP contribution >= 0.6 is 0 Å². The van der Waals surface area contributed by atoms with E-state index in [1.54, 1.807) is 23.3 Å². The average molecular weight is 259 g/mol. The first kappa shape index (κ1) is 13.2. The van der Waals surface area contributed by atoms with Crippen LogP contribution in [0.3, 0.4) is 0 Å². The zero-order chi connectivity index (χ0) is 13.5. The van der Waals surface area contributed by atoms with Crippen LogP contribution in [0.2, 0.25) is 0 Å². The quantitative estimate of drug-likeness (QED) is 0.765. The molecule has 100 valence electrons. The first-order valence-electron chi connectivity index (χ1n) is 6.18. The van der Waals surface area contributed by atoms with E-state index in [0.717, 1.165) is 18.8 Å². The SMILES string of the molecule is CNCCCC(=O)Nc1ccc(-n2ccnc2)nc1. The van der Waals surface area contributed by atoms with E-state index in [1.165, 1.54) is 0 Å². The van der Waals surface area contributed by atoms with Crippen molar-refractivity contribution in [1.29, 1.82) is 0 Å². The number of nitrogens with zero attached hydrogens (tertiary/aromatic N) is 3. The lowest BCUT2D eigenvalue weighted by Crippen LogP contribution is -2.15. The summed E-state index contributed by atoms with van der Waals surface area (Å²) in [5.41, 5.74) is 0.707. The number of carbonyl (C=O) groups is 1. The van der Waals surface area contributed by atoms with Crippen molar-refractivity contribution in [2.75, 3.05) is 18.9 Å². The van der Waals surface area contributed by atoms with Gasteiger partial charge in [0.25, 0.3) is 0 Å². The summed E-state index contributed by atoms with van der Waals surface area (Å²) in [5, 5.41) is 5.83. The summed E-state index contributed by atoms with van der Waals surface area (Å²) in [6, 6.07) is 3.67. The van der Waals surface area contributed by atoms with E-state index in [4.69, 9.17) is 0 Å². The lowest BCUT2D eigenvalue weighted by molar-refractivity contribution is -0.116. The summed E-state index contributed by atoms with van der Waals surface area (Å²) in [6.45, 7) is 0.839. The molecule has 2 heterocycles. The smallest absolute Gasteiger partial charge is 0.224 e. The number of imidazole rings is 1. The second-order valence-corrected chi connectivity index (χ2v) is 4.13. The van der Waals surface area contributed by atoms with Gasteiger partial charge in [-0.2, -0.15) is 0 Å². The zero-order valence-electron chi connectivity index (χ0n) is 10.8. The maximum Gasteiger partial charge on any atom is 0.224 e. The first-order chi connectivity index (χ1) is 9.29. The molecule has 0 radical (unpaired) electrons. The molecule has 2 aromatic rings. The van der Waals surface area contributed by atoms with Gasteiger partial charge in [-0.15, -0.1) is 0 Å². The Morgan fingerprint density at radius 1 is 1.42 bits per heavy atom. The molecule has 6 nitrogen and oxygen atoms in total. The minimum Gasteiger partial charge on any atom is -0.325 e. The molecule has 0 saturated heterocycles. The third kappa shape index (κ3) is 3.89. The predicted octanol–water partition coefficient (Wildman–Crippen LogP) is 1.21. The molecule has 0 spiro atoms. The van der Waals surface area contributed by atoms with Crippen molar-refractivity contribution in [3.8, 4) is 5.82 Å². The van der Waals surface area contributed by atoms with Crippen LogP contribution in [0.1, 0.15) is 12.8 Å². The van der Waals surface area contributed by atoms with E-state index in [2.05, 4.69) is 20.6 Å². The predicted molar refractivity (Wildman–Crippen MR) is 73.1 cm³/mol. The highest BCUT2D eigenvalue weighted by molar-refractivity contribution is 5.90. The number of hydrogen-bond donors (Lipinski definition) is 2. The number of nitrogens with one attached hydrogen (secondary N) is 2. The van der Waals surface area contributed by atoms with E-state index in [-0.39, 0.29) is 5.91 Å². The fraction of sp³-hybridized carbons (Fsp3) is 0.308. The van der Waals surface area contributed by atoms with E-state index in [1.807, 2.05) is 25.4 Å². The molecule has 0 unspecified atom stereocenters. The van der Waals surface area contributed by atoms with Crippen molar-refractivity contribution in [2.24, 2.45) is 0 Å². The van der Waals surface area contributed by atoms with E-state index in [0.29, 0.717) is 12.1 Å². The van der Waals surface area contributed by atoms with Crippen LogP contribution in [0, 0.1) is 0 Å². The van der Waals surface area contributed by atoms with Gasteiger partial charge in [-0.3, -0.25) is 9.36 Å². The molecule has 0 bridgehead atoms. The van der Waals surface area contributed by atoms with E-state index >= 15 is 0 Å². The molecule has 1 amide bonds. The average Bonchev–Trinajstić information content (AvgIpc) is 2.94. The second-order valence-electron chi connectivity index (χ2n) is 4.13. The Bertz CT molecular complexity index is 506. The first-order valence-corrected chi connectivity index (χ1v) is 6.18. The number of carbonyl (C=O) groups excluding carboxylic acids is 1. The topological polar surface area (TPSA) is 71.8 Å². The number of amides is 1. The molecular formula is C13H17N5O. The number of hydrogen-bond acceptors (Lipinski definition) is 4.